The minimum atomic E-state index is 0.191. The summed E-state index contributed by atoms with van der Waals surface area (Å²) in [6, 6.07) is 6.00. The lowest BCUT2D eigenvalue weighted by Gasteiger charge is -2.34. The SMILES string of the molecule is CN(C(=O)CCc1cccc(Cl)c1Cl)C1CCC1. The molecule has 1 saturated carbocycles. The van der Waals surface area contributed by atoms with Gasteiger partial charge in [-0.15, -0.1) is 0 Å². The van der Waals surface area contributed by atoms with Crippen LogP contribution < -0.4 is 0 Å². The second-order valence-electron chi connectivity index (χ2n) is 4.80. The molecule has 2 nitrogen and oxygen atoms in total. The van der Waals surface area contributed by atoms with E-state index in [-0.39, 0.29) is 5.91 Å². The van der Waals surface area contributed by atoms with Crippen molar-refractivity contribution in [2.75, 3.05) is 7.05 Å². The second kappa shape index (κ2) is 5.94. The standard InChI is InChI=1S/C14H17Cl2NO/c1-17(11-5-3-6-11)13(18)9-8-10-4-2-7-12(15)14(10)16/h2,4,7,11H,3,5-6,8-9H2,1H3. The van der Waals surface area contributed by atoms with Gasteiger partial charge in [0.1, 0.15) is 0 Å². The summed E-state index contributed by atoms with van der Waals surface area (Å²) < 4.78 is 0. The monoisotopic (exact) mass is 285 g/mol. The Morgan fingerprint density at radius 1 is 1.39 bits per heavy atom. The Kier molecular flexibility index (Phi) is 4.52. The van der Waals surface area contributed by atoms with E-state index < -0.39 is 0 Å². The average molecular weight is 286 g/mol. The third kappa shape index (κ3) is 2.99. The average Bonchev–Trinajstić information content (AvgIpc) is 2.28. The lowest BCUT2D eigenvalue weighted by Crippen LogP contribution is -2.41. The molecule has 1 amide bonds. The number of aryl methyl sites for hydroxylation is 1. The maximum atomic E-state index is 12.0. The Balaban J connectivity index is 1.90. The van der Waals surface area contributed by atoms with Crippen LogP contribution in [0.5, 0.6) is 0 Å². The van der Waals surface area contributed by atoms with Gasteiger partial charge < -0.3 is 4.90 Å². The lowest BCUT2D eigenvalue weighted by molar-refractivity contribution is -0.133. The highest BCUT2D eigenvalue weighted by Crippen LogP contribution is 2.27. The van der Waals surface area contributed by atoms with Crippen LogP contribution in [0, 0.1) is 0 Å². The highest BCUT2D eigenvalue weighted by Gasteiger charge is 2.25. The molecule has 0 heterocycles. The Morgan fingerprint density at radius 2 is 2.11 bits per heavy atom. The van der Waals surface area contributed by atoms with Gasteiger partial charge in [0.05, 0.1) is 10.0 Å². The zero-order chi connectivity index (χ0) is 13.1. The summed E-state index contributed by atoms with van der Waals surface area (Å²) >= 11 is 12.0. The number of hydrogen-bond acceptors (Lipinski definition) is 1. The van der Waals surface area contributed by atoms with Crippen LogP contribution in [0.2, 0.25) is 10.0 Å². The maximum absolute atomic E-state index is 12.0. The summed E-state index contributed by atoms with van der Waals surface area (Å²) in [5.74, 6) is 0.191. The van der Waals surface area contributed by atoms with Crippen LogP contribution in [0.4, 0.5) is 0 Å². The minimum absolute atomic E-state index is 0.191. The first kappa shape index (κ1) is 13.7. The first-order valence-corrected chi connectivity index (χ1v) is 7.03. The third-order valence-corrected chi connectivity index (χ3v) is 4.51. The van der Waals surface area contributed by atoms with Crippen molar-refractivity contribution in [1.82, 2.24) is 4.90 Å². The number of hydrogen-bond donors (Lipinski definition) is 0. The smallest absolute Gasteiger partial charge is 0.222 e. The molecule has 1 aliphatic carbocycles. The van der Waals surface area contributed by atoms with Crippen molar-refractivity contribution in [3.8, 4) is 0 Å². The quantitative estimate of drug-likeness (QED) is 0.821. The molecule has 0 aliphatic heterocycles. The number of rotatable bonds is 4. The zero-order valence-corrected chi connectivity index (χ0v) is 12.0. The molecule has 0 aromatic heterocycles. The topological polar surface area (TPSA) is 20.3 Å². The van der Waals surface area contributed by atoms with Gasteiger partial charge in [0.15, 0.2) is 0 Å². The van der Waals surface area contributed by atoms with Gasteiger partial charge >= 0.3 is 0 Å². The molecule has 0 N–H and O–H groups in total. The van der Waals surface area contributed by atoms with E-state index in [0.29, 0.717) is 28.9 Å². The van der Waals surface area contributed by atoms with Gasteiger partial charge in [0, 0.05) is 19.5 Å². The van der Waals surface area contributed by atoms with Crippen molar-refractivity contribution in [2.45, 2.75) is 38.1 Å². The number of carbonyl (C=O) groups is 1. The van der Waals surface area contributed by atoms with E-state index in [4.69, 9.17) is 23.2 Å². The molecule has 0 atom stereocenters. The summed E-state index contributed by atoms with van der Waals surface area (Å²) in [4.78, 5) is 13.9. The van der Waals surface area contributed by atoms with Gasteiger partial charge in [-0.1, -0.05) is 35.3 Å². The van der Waals surface area contributed by atoms with Crippen molar-refractivity contribution in [2.24, 2.45) is 0 Å². The molecule has 4 heteroatoms. The highest BCUT2D eigenvalue weighted by molar-refractivity contribution is 6.42. The minimum Gasteiger partial charge on any atom is -0.343 e. The van der Waals surface area contributed by atoms with Gasteiger partial charge in [-0.05, 0) is 37.3 Å². The van der Waals surface area contributed by atoms with Gasteiger partial charge in [0.2, 0.25) is 5.91 Å². The molecular formula is C14H17Cl2NO. The van der Waals surface area contributed by atoms with Crippen LogP contribution in [0.25, 0.3) is 0 Å². The summed E-state index contributed by atoms with van der Waals surface area (Å²) in [6.45, 7) is 0. The first-order chi connectivity index (χ1) is 8.59. The summed E-state index contributed by atoms with van der Waals surface area (Å²) in [6.07, 6.45) is 4.66. The van der Waals surface area contributed by atoms with E-state index >= 15 is 0 Å². The van der Waals surface area contributed by atoms with Crippen LogP contribution in [0.1, 0.15) is 31.2 Å². The normalized spacial score (nSPS) is 15.3. The van der Waals surface area contributed by atoms with Crippen LogP contribution >= 0.6 is 23.2 Å². The molecule has 1 aliphatic rings. The van der Waals surface area contributed by atoms with Crippen LogP contribution in [-0.4, -0.2) is 23.9 Å². The lowest BCUT2D eigenvalue weighted by atomic mass is 9.91. The summed E-state index contributed by atoms with van der Waals surface area (Å²) in [5, 5.41) is 1.12. The number of halogens is 2. The largest absolute Gasteiger partial charge is 0.343 e. The van der Waals surface area contributed by atoms with Gasteiger partial charge in [-0.3, -0.25) is 4.79 Å². The highest BCUT2D eigenvalue weighted by atomic mass is 35.5. The molecule has 2 rings (SSSR count). The molecule has 1 aromatic rings. The predicted molar refractivity (Wildman–Crippen MR) is 75.2 cm³/mol. The summed E-state index contributed by atoms with van der Waals surface area (Å²) in [5.41, 5.74) is 0.944. The van der Waals surface area contributed by atoms with E-state index in [1.807, 2.05) is 24.1 Å². The third-order valence-electron chi connectivity index (χ3n) is 3.66. The van der Waals surface area contributed by atoms with Crippen LogP contribution in [0.15, 0.2) is 18.2 Å². The van der Waals surface area contributed by atoms with Crippen molar-refractivity contribution >= 4 is 29.1 Å². The fraction of sp³-hybridized carbons (Fsp3) is 0.500. The molecule has 98 valence electrons. The van der Waals surface area contributed by atoms with E-state index in [9.17, 15) is 4.79 Å². The molecule has 18 heavy (non-hydrogen) atoms. The fourth-order valence-corrected chi connectivity index (χ4v) is 2.55. The Hall–Kier alpha value is -0.730. The fourth-order valence-electron chi connectivity index (χ4n) is 2.14. The second-order valence-corrected chi connectivity index (χ2v) is 5.59. The number of amides is 1. The molecule has 1 fully saturated rings. The van der Waals surface area contributed by atoms with E-state index in [0.717, 1.165) is 18.4 Å². The van der Waals surface area contributed by atoms with Crippen molar-refractivity contribution < 1.29 is 4.79 Å². The molecule has 0 spiro atoms. The summed E-state index contributed by atoms with van der Waals surface area (Å²) in [7, 11) is 1.89. The predicted octanol–water partition coefficient (Wildman–Crippen LogP) is 3.94. The van der Waals surface area contributed by atoms with Gasteiger partial charge in [0.25, 0.3) is 0 Å². The van der Waals surface area contributed by atoms with Crippen molar-refractivity contribution in [3.05, 3.63) is 33.8 Å². The Bertz CT molecular complexity index is 443. The van der Waals surface area contributed by atoms with E-state index in [1.165, 1.54) is 6.42 Å². The Labute approximate surface area is 118 Å². The van der Waals surface area contributed by atoms with E-state index in [1.54, 1.807) is 6.07 Å². The number of carbonyl (C=O) groups excluding carboxylic acids is 1. The van der Waals surface area contributed by atoms with Crippen LogP contribution in [-0.2, 0) is 11.2 Å². The zero-order valence-electron chi connectivity index (χ0n) is 10.5. The molecular weight excluding hydrogens is 269 g/mol. The Morgan fingerprint density at radius 3 is 2.72 bits per heavy atom. The number of benzene rings is 1. The molecule has 0 saturated heterocycles. The van der Waals surface area contributed by atoms with E-state index in [2.05, 4.69) is 0 Å². The van der Waals surface area contributed by atoms with Gasteiger partial charge in [-0.2, -0.15) is 0 Å². The maximum Gasteiger partial charge on any atom is 0.222 e. The molecule has 1 aromatic carbocycles. The first-order valence-electron chi connectivity index (χ1n) is 6.28. The van der Waals surface area contributed by atoms with Gasteiger partial charge in [-0.25, -0.2) is 0 Å². The molecule has 0 radical (unpaired) electrons. The molecule has 0 unspecified atom stereocenters. The van der Waals surface area contributed by atoms with Crippen LogP contribution in [0.3, 0.4) is 0 Å². The van der Waals surface area contributed by atoms with Crippen molar-refractivity contribution in [3.63, 3.8) is 0 Å². The molecule has 0 bridgehead atoms. The number of nitrogens with zero attached hydrogens (tertiary/aromatic N) is 1. The van der Waals surface area contributed by atoms with Crippen molar-refractivity contribution in [1.29, 1.82) is 0 Å².